The lowest BCUT2D eigenvalue weighted by molar-refractivity contribution is -0.121. The first-order chi connectivity index (χ1) is 18.5. The van der Waals surface area contributed by atoms with Gasteiger partial charge in [-0.05, 0) is 69.9 Å². The van der Waals surface area contributed by atoms with E-state index < -0.39 is 11.7 Å². The molecule has 2 saturated carbocycles. The Labute approximate surface area is 220 Å². The van der Waals surface area contributed by atoms with E-state index in [0.717, 1.165) is 69.8 Å². The molecule has 38 heavy (non-hydrogen) atoms. The van der Waals surface area contributed by atoms with E-state index in [1.165, 1.54) is 23.0 Å². The van der Waals surface area contributed by atoms with Gasteiger partial charge in [0.2, 0.25) is 0 Å². The standard InChI is InChI=1S/C27H33FN8O2/c28-19-14-29-11-9-20(19)34-27(38)23-15-31-26-22(32-17-7-8-17)13-25(35-36(23)26)33-18-5-3-16(4-6-18)12-24(37)21-2-1-10-30-21/h9,11,13-18,21,30,32H,1-8,10,12H2,(H,33,35)(H,29,34,38)/t16?,18?,21-/m1/s1. The van der Waals surface area contributed by atoms with Crippen LogP contribution in [0.4, 0.5) is 21.6 Å². The summed E-state index contributed by atoms with van der Waals surface area (Å²) in [5, 5.41) is 17.7. The number of hydrogen-bond acceptors (Lipinski definition) is 8. The molecule has 1 amide bonds. The molecule has 3 fully saturated rings. The smallest absolute Gasteiger partial charge is 0.276 e. The first-order valence-corrected chi connectivity index (χ1v) is 13.6. The number of imidazole rings is 1. The predicted molar refractivity (Wildman–Crippen MR) is 142 cm³/mol. The van der Waals surface area contributed by atoms with Crippen molar-refractivity contribution < 1.29 is 14.0 Å². The number of aromatic nitrogens is 4. The van der Waals surface area contributed by atoms with Crippen molar-refractivity contribution in [2.75, 3.05) is 22.5 Å². The summed E-state index contributed by atoms with van der Waals surface area (Å²) in [4.78, 5) is 33.8. The Morgan fingerprint density at radius 2 is 1.82 bits per heavy atom. The second-order valence-corrected chi connectivity index (χ2v) is 10.7. The van der Waals surface area contributed by atoms with Gasteiger partial charge in [-0.3, -0.25) is 14.6 Å². The molecule has 6 rings (SSSR count). The van der Waals surface area contributed by atoms with Gasteiger partial charge in [-0.2, -0.15) is 0 Å². The molecule has 0 unspecified atom stereocenters. The van der Waals surface area contributed by atoms with Gasteiger partial charge in [0.15, 0.2) is 17.2 Å². The SMILES string of the molecule is O=C(Nc1ccncc1F)c1cnc2c(NC3CC3)cc(NC3CCC(CC(=O)[C@H]4CCCN4)CC3)nn12. The summed E-state index contributed by atoms with van der Waals surface area (Å²) in [6.45, 7) is 0.947. The molecular formula is C27H33FN8O2. The third-order valence-corrected chi connectivity index (χ3v) is 7.80. The fourth-order valence-electron chi connectivity index (χ4n) is 5.52. The third-order valence-electron chi connectivity index (χ3n) is 7.80. The molecule has 3 aliphatic rings. The van der Waals surface area contributed by atoms with Crippen LogP contribution in [0.3, 0.4) is 0 Å². The van der Waals surface area contributed by atoms with Crippen molar-refractivity contribution in [1.29, 1.82) is 0 Å². The van der Waals surface area contributed by atoms with E-state index in [4.69, 9.17) is 5.10 Å². The summed E-state index contributed by atoms with van der Waals surface area (Å²) in [5.41, 5.74) is 1.61. The summed E-state index contributed by atoms with van der Waals surface area (Å²) in [7, 11) is 0. The Balaban J connectivity index is 1.16. The van der Waals surface area contributed by atoms with Crippen molar-refractivity contribution in [3.63, 3.8) is 0 Å². The number of anilines is 3. The monoisotopic (exact) mass is 520 g/mol. The molecule has 0 radical (unpaired) electrons. The van der Waals surface area contributed by atoms with Gasteiger partial charge >= 0.3 is 0 Å². The average molecular weight is 521 g/mol. The highest BCUT2D eigenvalue weighted by Gasteiger charge is 2.29. The molecule has 11 heteroatoms. The minimum Gasteiger partial charge on any atom is -0.379 e. The highest BCUT2D eigenvalue weighted by atomic mass is 19.1. The lowest BCUT2D eigenvalue weighted by atomic mass is 9.82. The number of rotatable bonds is 9. The van der Waals surface area contributed by atoms with Crippen molar-refractivity contribution in [2.24, 2.45) is 5.92 Å². The molecule has 4 heterocycles. The van der Waals surface area contributed by atoms with Crippen LogP contribution in [0.1, 0.15) is 68.3 Å². The van der Waals surface area contributed by atoms with E-state index in [2.05, 4.69) is 31.2 Å². The van der Waals surface area contributed by atoms with Crippen molar-refractivity contribution in [2.45, 2.75) is 75.9 Å². The highest BCUT2D eigenvalue weighted by Crippen LogP contribution is 2.32. The van der Waals surface area contributed by atoms with E-state index in [1.54, 1.807) is 0 Å². The molecule has 10 nitrogen and oxygen atoms in total. The zero-order valence-corrected chi connectivity index (χ0v) is 21.3. The predicted octanol–water partition coefficient (Wildman–Crippen LogP) is 3.77. The highest BCUT2D eigenvalue weighted by molar-refractivity contribution is 6.03. The van der Waals surface area contributed by atoms with Crippen LogP contribution in [-0.2, 0) is 4.79 Å². The minimum absolute atomic E-state index is 0.0458. The molecule has 4 N–H and O–H groups in total. The largest absolute Gasteiger partial charge is 0.379 e. The van der Waals surface area contributed by atoms with E-state index in [0.29, 0.717) is 35.6 Å². The van der Waals surface area contributed by atoms with Crippen molar-refractivity contribution >= 4 is 34.5 Å². The molecule has 1 atom stereocenters. The molecule has 0 aromatic carbocycles. The number of nitrogens with one attached hydrogen (secondary N) is 4. The number of hydrogen-bond donors (Lipinski definition) is 4. The van der Waals surface area contributed by atoms with Crippen LogP contribution in [0.25, 0.3) is 5.65 Å². The topological polar surface area (TPSA) is 125 Å². The van der Waals surface area contributed by atoms with Gasteiger partial charge < -0.3 is 21.3 Å². The number of halogens is 1. The fraction of sp³-hybridized carbons (Fsp3) is 0.519. The summed E-state index contributed by atoms with van der Waals surface area (Å²) < 4.78 is 15.6. The number of nitrogens with zero attached hydrogens (tertiary/aromatic N) is 4. The zero-order valence-electron chi connectivity index (χ0n) is 21.3. The Morgan fingerprint density at radius 3 is 2.55 bits per heavy atom. The van der Waals surface area contributed by atoms with Gasteiger partial charge in [0.05, 0.1) is 29.8 Å². The maximum atomic E-state index is 14.1. The second kappa shape index (κ2) is 10.6. The lowest BCUT2D eigenvalue weighted by Gasteiger charge is -2.29. The number of amides is 1. The van der Waals surface area contributed by atoms with Crippen LogP contribution < -0.4 is 21.3 Å². The van der Waals surface area contributed by atoms with Crippen LogP contribution in [0.2, 0.25) is 0 Å². The number of ketones is 1. The summed E-state index contributed by atoms with van der Waals surface area (Å²) in [5.74, 6) is 0.323. The molecule has 200 valence electrons. The Hall–Kier alpha value is -3.60. The number of pyridine rings is 1. The molecular weight excluding hydrogens is 487 g/mol. The maximum absolute atomic E-state index is 14.1. The molecule has 2 aliphatic carbocycles. The number of fused-ring (bicyclic) bond motifs is 1. The molecule has 1 aliphatic heterocycles. The van der Waals surface area contributed by atoms with Crippen LogP contribution >= 0.6 is 0 Å². The van der Waals surface area contributed by atoms with Crippen molar-refractivity contribution in [3.8, 4) is 0 Å². The molecule has 3 aromatic rings. The normalized spacial score (nSPS) is 23.3. The van der Waals surface area contributed by atoms with Crippen LogP contribution in [0, 0.1) is 11.7 Å². The van der Waals surface area contributed by atoms with Crippen molar-refractivity contribution in [1.82, 2.24) is 24.9 Å². The van der Waals surface area contributed by atoms with Gasteiger partial charge in [0.1, 0.15) is 11.6 Å². The van der Waals surface area contributed by atoms with E-state index in [-0.39, 0.29) is 23.5 Å². The van der Waals surface area contributed by atoms with Crippen LogP contribution in [-0.4, -0.2) is 55.9 Å². The average Bonchev–Trinajstić information content (AvgIpc) is 3.37. The van der Waals surface area contributed by atoms with Crippen LogP contribution in [0.5, 0.6) is 0 Å². The van der Waals surface area contributed by atoms with Crippen molar-refractivity contribution in [3.05, 3.63) is 42.2 Å². The van der Waals surface area contributed by atoms with E-state index >= 15 is 0 Å². The molecule has 0 spiro atoms. The van der Waals surface area contributed by atoms with Gasteiger partial charge in [0, 0.05) is 30.8 Å². The minimum atomic E-state index is -0.613. The maximum Gasteiger partial charge on any atom is 0.276 e. The van der Waals surface area contributed by atoms with Gasteiger partial charge in [-0.15, -0.1) is 5.10 Å². The Morgan fingerprint density at radius 1 is 1.03 bits per heavy atom. The molecule has 0 bridgehead atoms. The summed E-state index contributed by atoms with van der Waals surface area (Å²) in [6.07, 6.45) is 12.7. The number of carbonyl (C=O) groups excluding carboxylic acids is 2. The van der Waals surface area contributed by atoms with Gasteiger partial charge in [-0.25, -0.2) is 13.9 Å². The lowest BCUT2D eigenvalue weighted by Crippen LogP contribution is -2.34. The third kappa shape index (κ3) is 5.47. The first-order valence-electron chi connectivity index (χ1n) is 13.6. The number of Topliss-reactive ketones (excluding diaryl/α,β-unsaturated/α-hetero) is 1. The van der Waals surface area contributed by atoms with Gasteiger partial charge in [0.25, 0.3) is 5.91 Å². The van der Waals surface area contributed by atoms with Gasteiger partial charge in [-0.1, -0.05) is 0 Å². The van der Waals surface area contributed by atoms with E-state index in [9.17, 15) is 14.0 Å². The second-order valence-electron chi connectivity index (χ2n) is 10.7. The molecule has 3 aromatic heterocycles. The van der Waals surface area contributed by atoms with E-state index in [1.807, 2.05) is 6.07 Å². The summed E-state index contributed by atoms with van der Waals surface area (Å²) in [6, 6.07) is 4.03. The Bertz CT molecular complexity index is 1330. The Kier molecular flexibility index (Phi) is 6.92. The number of carbonyl (C=O) groups is 2. The first kappa shape index (κ1) is 24.7. The van der Waals surface area contributed by atoms with Crippen LogP contribution in [0.15, 0.2) is 30.7 Å². The quantitative estimate of drug-likeness (QED) is 0.336. The fourth-order valence-corrected chi connectivity index (χ4v) is 5.52. The molecule has 1 saturated heterocycles. The summed E-state index contributed by atoms with van der Waals surface area (Å²) >= 11 is 0. The zero-order chi connectivity index (χ0) is 26.1.